The summed E-state index contributed by atoms with van der Waals surface area (Å²) in [5.41, 5.74) is 5.52. The van der Waals surface area contributed by atoms with Crippen LogP contribution in [-0.4, -0.2) is 65.9 Å². The summed E-state index contributed by atoms with van der Waals surface area (Å²) < 4.78 is 20.2. The molecular weight excluding hydrogens is 636 g/mol. The Labute approximate surface area is 270 Å². The number of rotatable bonds is 5. The van der Waals surface area contributed by atoms with Gasteiger partial charge in [-0.05, 0) is 77.6 Å². The van der Waals surface area contributed by atoms with Crippen molar-refractivity contribution in [1.29, 1.82) is 0 Å². The number of carbonyl (C=O) groups is 1. The van der Waals surface area contributed by atoms with Gasteiger partial charge >= 0.3 is 5.97 Å². The molecule has 0 spiro atoms. The number of benzene rings is 2. The molecule has 0 radical (unpaired) electrons. The van der Waals surface area contributed by atoms with E-state index in [2.05, 4.69) is 73.9 Å². The Morgan fingerprint density at radius 1 is 1.13 bits per heavy atom. The first-order chi connectivity index (χ1) is 21.6. The molecule has 7 rings (SSSR count). The van der Waals surface area contributed by atoms with Gasteiger partial charge in [-0.25, -0.2) is 4.79 Å². The van der Waals surface area contributed by atoms with Gasteiger partial charge in [0.05, 0.1) is 24.8 Å². The van der Waals surface area contributed by atoms with Gasteiger partial charge in [0.25, 0.3) is 0 Å². The summed E-state index contributed by atoms with van der Waals surface area (Å²) in [5, 5.41) is 2.33. The number of carbonyl (C=O) groups excluding carboxylic acids is 1. The molecule has 9 nitrogen and oxygen atoms in total. The number of methoxy groups -OCH3 is 2. The van der Waals surface area contributed by atoms with Crippen molar-refractivity contribution >= 4 is 43.7 Å². The molecule has 4 heterocycles. The zero-order valence-electron chi connectivity index (χ0n) is 26.1. The van der Waals surface area contributed by atoms with E-state index >= 15 is 0 Å². The lowest BCUT2D eigenvalue weighted by atomic mass is 9.69. The highest BCUT2D eigenvalue weighted by atomic mass is 79.9. The highest BCUT2D eigenvalue weighted by Crippen LogP contribution is 2.49. The first-order valence-corrected chi connectivity index (χ1v) is 15.7. The summed E-state index contributed by atoms with van der Waals surface area (Å²) in [6, 6.07) is 15.8. The molecule has 2 aromatic carbocycles. The molecule has 1 N–H and O–H groups in total. The van der Waals surface area contributed by atoms with E-state index in [1.54, 1.807) is 25.4 Å². The van der Waals surface area contributed by atoms with E-state index in [0.717, 1.165) is 40.3 Å². The molecule has 1 aliphatic carbocycles. The normalized spacial score (nSPS) is 20.8. The maximum absolute atomic E-state index is 12.5. The van der Waals surface area contributed by atoms with Crippen LogP contribution in [0.5, 0.6) is 5.75 Å². The van der Waals surface area contributed by atoms with E-state index in [-0.39, 0.29) is 23.5 Å². The number of piperidine rings is 1. The molecule has 3 unspecified atom stereocenters. The molecule has 2 aliphatic rings. The number of likely N-dealkylation sites (N-methyl/N-ethyl adjacent to an activating group) is 1. The van der Waals surface area contributed by atoms with Crippen LogP contribution in [0.1, 0.15) is 33.5 Å². The Bertz CT molecular complexity index is 1950. The van der Waals surface area contributed by atoms with E-state index in [1.807, 2.05) is 32.2 Å². The lowest BCUT2D eigenvalue weighted by Gasteiger charge is -2.53. The van der Waals surface area contributed by atoms with Gasteiger partial charge in [-0.2, -0.15) is 0 Å². The minimum absolute atomic E-state index is 0.0977. The van der Waals surface area contributed by atoms with Gasteiger partial charge in [0.15, 0.2) is 0 Å². The number of aromatic amines is 1. The Hall–Kier alpha value is -3.99. The average molecular weight is 674 g/mol. The number of para-hydroxylation sites is 1. The minimum atomic E-state index is -0.421. The van der Waals surface area contributed by atoms with Crippen molar-refractivity contribution in [2.24, 2.45) is 13.0 Å². The molecule has 3 aromatic heterocycles. The van der Waals surface area contributed by atoms with Gasteiger partial charge in [-0.15, -0.1) is 0 Å². The van der Waals surface area contributed by atoms with Crippen LogP contribution >= 0.6 is 15.9 Å². The highest BCUT2D eigenvalue weighted by molar-refractivity contribution is 9.10. The van der Waals surface area contributed by atoms with Crippen LogP contribution in [0.4, 0.5) is 0 Å². The lowest BCUT2D eigenvalue weighted by molar-refractivity contribution is -0.131. The van der Waals surface area contributed by atoms with Gasteiger partial charge in [0, 0.05) is 78.1 Å². The molecule has 3 atom stereocenters. The van der Waals surface area contributed by atoms with Gasteiger partial charge in [0.1, 0.15) is 11.4 Å². The maximum Gasteiger partial charge on any atom is 0.339 e. The Morgan fingerprint density at radius 2 is 1.93 bits per heavy atom. The van der Waals surface area contributed by atoms with E-state index in [9.17, 15) is 9.59 Å². The predicted octanol–water partition coefficient (Wildman–Crippen LogP) is 5.76. The van der Waals surface area contributed by atoms with Crippen LogP contribution in [0, 0.1) is 12.8 Å². The van der Waals surface area contributed by atoms with E-state index < -0.39 is 5.60 Å². The van der Waals surface area contributed by atoms with E-state index in [1.165, 1.54) is 28.2 Å². The number of aromatic nitrogens is 3. The molecular formula is C35H37BrN4O5. The van der Waals surface area contributed by atoms with Gasteiger partial charge < -0.3 is 23.8 Å². The molecule has 0 amide bonds. The zero-order chi connectivity index (χ0) is 31.9. The molecule has 10 heteroatoms. The number of H-pyrrole nitrogens is 1. The number of nitrogens with zero attached hydrogens (tertiary/aromatic N) is 3. The Balaban J connectivity index is 0.000000213. The lowest BCUT2D eigenvalue weighted by Crippen LogP contribution is -2.59. The van der Waals surface area contributed by atoms with Crippen LogP contribution in [0.25, 0.3) is 21.8 Å². The Morgan fingerprint density at radius 3 is 2.69 bits per heavy atom. The highest BCUT2D eigenvalue weighted by Gasteiger charge is 2.51. The molecule has 1 saturated heterocycles. The summed E-state index contributed by atoms with van der Waals surface area (Å²) in [6.45, 7) is 3.13. The van der Waals surface area contributed by atoms with Crippen LogP contribution in [0.15, 0.2) is 76.4 Å². The smallest absolute Gasteiger partial charge is 0.339 e. The largest absolute Gasteiger partial charge is 0.495 e. The van der Waals surface area contributed by atoms with Gasteiger partial charge in [0.2, 0.25) is 5.56 Å². The van der Waals surface area contributed by atoms with Gasteiger partial charge in [-0.3, -0.25) is 14.7 Å². The fourth-order valence-electron chi connectivity index (χ4n) is 7.22. The number of fused-ring (bicyclic) bond motifs is 3. The number of aryl methyl sites for hydroxylation is 2. The summed E-state index contributed by atoms with van der Waals surface area (Å²) in [5.74, 6) is 0.523. The quantitative estimate of drug-likeness (QED) is 0.237. The van der Waals surface area contributed by atoms with Crippen LogP contribution < -0.4 is 10.3 Å². The fraction of sp³-hybridized carbons (Fsp3) is 0.343. The van der Waals surface area contributed by atoms with Crippen molar-refractivity contribution in [3.8, 4) is 5.75 Å². The topological polar surface area (TPSA) is 98.7 Å². The van der Waals surface area contributed by atoms with Crippen LogP contribution in [0.3, 0.4) is 0 Å². The number of hydrogen-bond donors (Lipinski definition) is 1. The first-order valence-electron chi connectivity index (χ1n) is 14.9. The summed E-state index contributed by atoms with van der Waals surface area (Å²) in [6.07, 6.45) is 7.20. The Kier molecular flexibility index (Phi) is 8.56. The summed E-state index contributed by atoms with van der Waals surface area (Å²) >= 11 is 3.35. The van der Waals surface area contributed by atoms with Crippen LogP contribution in [-0.2, 0) is 28.5 Å². The average Bonchev–Trinajstić information content (AvgIpc) is 3.36. The van der Waals surface area contributed by atoms with Crippen molar-refractivity contribution in [2.45, 2.75) is 31.4 Å². The molecule has 0 bridgehead atoms. The number of hydrogen-bond acceptors (Lipinski definition) is 7. The van der Waals surface area contributed by atoms with Crippen molar-refractivity contribution in [3.63, 3.8) is 0 Å². The van der Waals surface area contributed by atoms with Crippen LogP contribution in [0.2, 0.25) is 0 Å². The van der Waals surface area contributed by atoms with Crippen molar-refractivity contribution in [2.75, 3.05) is 34.4 Å². The second-order valence-corrected chi connectivity index (χ2v) is 12.9. The summed E-state index contributed by atoms with van der Waals surface area (Å²) in [7, 11) is 7.66. The van der Waals surface area contributed by atoms with E-state index in [0.29, 0.717) is 17.9 Å². The molecule has 0 saturated carbocycles. The number of esters is 1. The monoisotopic (exact) mass is 672 g/mol. The molecule has 234 valence electrons. The first kappa shape index (κ1) is 31.0. The third-order valence-electron chi connectivity index (χ3n) is 9.19. The van der Waals surface area contributed by atoms with Crippen molar-refractivity contribution in [1.82, 2.24) is 19.4 Å². The SMILES string of the molecule is COC12CC(COC(=O)c3cncc(Br)c3)CN(C)C1Cc1cn(C)c3cccc2c13.COc1cccc2c(C)cc(=O)[nH]c12. The van der Waals surface area contributed by atoms with E-state index in [4.69, 9.17) is 14.2 Å². The molecule has 45 heavy (non-hydrogen) atoms. The second-order valence-electron chi connectivity index (χ2n) is 12.0. The number of halogens is 1. The van der Waals surface area contributed by atoms with Crippen molar-refractivity contribution < 1.29 is 19.0 Å². The van der Waals surface area contributed by atoms with Crippen molar-refractivity contribution in [3.05, 3.63) is 104 Å². The number of ether oxygens (including phenoxy) is 3. The fourth-order valence-corrected chi connectivity index (χ4v) is 7.58. The van der Waals surface area contributed by atoms with Gasteiger partial charge in [-0.1, -0.05) is 24.3 Å². The second kappa shape index (κ2) is 12.4. The summed E-state index contributed by atoms with van der Waals surface area (Å²) in [4.78, 5) is 33.0. The third kappa shape index (κ3) is 5.67. The number of nitrogens with one attached hydrogen (secondary N) is 1. The number of likely N-dealkylation sites (tertiary alicyclic amines) is 1. The standard InChI is InChI=1S/C24H26BrN3O3.C11H11NO2/c1-27-13-17-8-21-24(30-3,19-5-4-6-20(27)22(17)19)9-15(12-28(21)2)14-31-23(29)16-7-18(25)11-26-10-16;1-7-6-10(13)12-11-8(7)4-3-5-9(11)14-2/h4-7,10-11,13,15,21H,8-9,12,14H2,1-3H3;3-6H,1-2H3,(H,12,13). The third-order valence-corrected chi connectivity index (χ3v) is 9.63. The maximum atomic E-state index is 12.5. The minimum Gasteiger partial charge on any atom is -0.495 e. The zero-order valence-corrected chi connectivity index (χ0v) is 27.7. The number of pyridine rings is 2. The molecule has 1 aliphatic heterocycles. The predicted molar refractivity (Wildman–Crippen MR) is 178 cm³/mol. The molecule has 1 fully saturated rings. The molecule has 5 aromatic rings.